The molecule has 1 amide bonds. The summed E-state index contributed by atoms with van der Waals surface area (Å²) in [6.07, 6.45) is 2.02. The molecule has 2 unspecified atom stereocenters. The minimum absolute atomic E-state index is 0.0101. The van der Waals surface area contributed by atoms with E-state index in [4.69, 9.17) is 4.74 Å². The molecule has 21 heavy (non-hydrogen) atoms. The van der Waals surface area contributed by atoms with Gasteiger partial charge in [0.05, 0.1) is 7.11 Å². The third-order valence-corrected chi connectivity index (χ3v) is 3.47. The lowest BCUT2D eigenvalue weighted by Gasteiger charge is -2.40. The molecule has 0 saturated carbocycles. The molecule has 0 bridgehead atoms. The first kappa shape index (κ1) is 17.5. The Morgan fingerprint density at radius 3 is 2.33 bits per heavy atom. The van der Waals surface area contributed by atoms with Crippen LogP contribution >= 0.6 is 0 Å². The maximum Gasteiger partial charge on any atom is 0.410 e. The van der Waals surface area contributed by atoms with Gasteiger partial charge in [-0.05, 0) is 47.0 Å². The molecule has 0 aromatic carbocycles. The van der Waals surface area contributed by atoms with E-state index in [1.54, 1.807) is 25.7 Å². The molecule has 1 saturated heterocycles. The van der Waals surface area contributed by atoms with Crippen molar-refractivity contribution in [2.45, 2.75) is 71.1 Å². The Morgan fingerprint density at radius 2 is 1.81 bits per heavy atom. The molecule has 1 fully saturated rings. The largest absolute Gasteiger partial charge is 0.463 e. The van der Waals surface area contributed by atoms with E-state index in [0.29, 0.717) is 6.42 Å². The van der Waals surface area contributed by atoms with Crippen molar-refractivity contribution in [1.29, 1.82) is 0 Å². The summed E-state index contributed by atoms with van der Waals surface area (Å²) in [6, 6.07) is -0.320. The number of hydrogen-bond acceptors (Lipinski definition) is 5. The van der Waals surface area contributed by atoms with E-state index in [2.05, 4.69) is 4.74 Å². The molecule has 0 spiro atoms. The number of likely N-dealkylation sites (tertiary alicyclic amines) is 1. The minimum atomic E-state index is -0.864. The number of ether oxygens (including phenoxy) is 2. The normalized spacial score (nSPS) is 22.6. The lowest BCUT2D eigenvalue weighted by molar-refractivity contribution is -0.152. The number of nitrogens with zero attached hydrogens (tertiary/aromatic N) is 1. The van der Waals surface area contributed by atoms with Crippen LogP contribution in [0.15, 0.2) is 0 Å². The van der Waals surface area contributed by atoms with Crippen LogP contribution in [0.25, 0.3) is 0 Å². The number of carbonyl (C=O) groups is 3. The van der Waals surface area contributed by atoms with Gasteiger partial charge >= 0.3 is 12.1 Å². The zero-order chi connectivity index (χ0) is 16.2. The van der Waals surface area contributed by atoms with Crippen LogP contribution in [0, 0.1) is 0 Å². The van der Waals surface area contributed by atoms with Gasteiger partial charge in [-0.3, -0.25) is 4.79 Å². The predicted octanol–water partition coefficient (Wildman–Crippen LogP) is 2.30. The number of piperidine rings is 1. The standard InChI is InChI=1S/C15H25NO5/c1-10-7-6-8-11(9-12(17)13(18)20-5)16(10)14(19)21-15(2,3)4/h10-11H,6-9H2,1-5H3. The Hall–Kier alpha value is -1.59. The van der Waals surface area contributed by atoms with Crippen LogP contribution in [0.2, 0.25) is 0 Å². The van der Waals surface area contributed by atoms with Gasteiger partial charge in [-0.25, -0.2) is 9.59 Å². The van der Waals surface area contributed by atoms with E-state index < -0.39 is 23.4 Å². The zero-order valence-corrected chi connectivity index (χ0v) is 13.5. The van der Waals surface area contributed by atoms with Crippen LogP contribution in [-0.2, 0) is 19.1 Å². The van der Waals surface area contributed by atoms with Gasteiger partial charge in [-0.1, -0.05) is 0 Å². The summed E-state index contributed by atoms with van der Waals surface area (Å²) >= 11 is 0. The monoisotopic (exact) mass is 299 g/mol. The molecular weight excluding hydrogens is 274 g/mol. The summed E-state index contributed by atoms with van der Waals surface area (Å²) in [5.41, 5.74) is -0.592. The molecule has 6 nitrogen and oxygen atoms in total. The van der Waals surface area contributed by atoms with Crippen molar-refractivity contribution in [1.82, 2.24) is 4.90 Å². The lowest BCUT2D eigenvalue weighted by Crippen LogP contribution is -2.51. The number of Topliss-reactive ketones (excluding diaryl/α,β-unsaturated/α-hetero) is 1. The highest BCUT2D eigenvalue weighted by atomic mass is 16.6. The number of carbonyl (C=O) groups excluding carboxylic acids is 3. The van der Waals surface area contributed by atoms with Crippen molar-refractivity contribution < 1.29 is 23.9 Å². The third kappa shape index (κ3) is 5.02. The maximum absolute atomic E-state index is 12.3. The van der Waals surface area contributed by atoms with Gasteiger partial charge < -0.3 is 14.4 Å². The fourth-order valence-electron chi connectivity index (χ4n) is 2.54. The summed E-state index contributed by atoms with van der Waals surface area (Å²) in [5.74, 6) is -1.47. The number of rotatable bonds is 3. The number of ketones is 1. The molecule has 1 heterocycles. The quantitative estimate of drug-likeness (QED) is 0.590. The number of hydrogen-bond donors (Lipinski definition) is 0. The highest BCUT2D eigenvalue weighted by Gasteiger charge is 2.36. The van der Waals surface area contributed by atoms with Crippen molar-refractivity contribution in [2.75, 3.05) is 7.11 Å². The van der Waals surface area contributed by atoms with Crippen LogP contribution in [0.1, 0.15) is 53.4 Å². The fraction of sp³-hybridized carbons (Fsp3) is 0.800. The van der Waals surface area contributed by atoms with E-state index in [9.17, 15) is 14.4 Å². The SMILES string of the molecule is COC(=O)C(=O)CC1CCCC(C)N1C(=O)OC(C)(C)C. The van der Waals surface area contributed by atoms with Crippen molar-refractivity contribution >= 4 is 17.8 Å². The van der Waals surface area contributed by atoms with E-state index in [0.717, 1.165) is 12.8 Å². The Balaban J connectivity index is 2.81. The van der Waals surface area contributed by atoms with Gasteiger partial charge in [-0.15, -0.1) is 0 Å². The van der Waals surface area contributed by atoms with Gasteiger partial charge in [0.1, 0.15) is 5.60 Å². The maximum atomic E-state index is 12.3. The van der Waals surface area contributed by atoms with Crippen LogP contribution in [0.5, 0.6) is 0 Å². The first-order chi connectivity index (χ1) is 9.65. The summed E-state index contributed by atoms with van der Waals surface area (Å²) < 4.78 is 9.84. The van der Waals surface area contributed by atoms with E-state index in [1.807, 2.05) is 6.92 Å². The minimum Gasteiger partial charge on any atom is -0.463 e. The summed E-state index contributed by atoms with van der Waals surface area (Å²) in [4.78, 5) is 36.9. The van der Waals surface area contributed by atoms with Crippen LogP contribution in [0.4, 0.5) is 4.79 Å². The zero-order valence-electron chi connectivity index (χ0n) is 13.5. The first-order valence-corrected chi connectivity index (χ1v) is 7.28. The molecule has 0 aromatic rings. The van der Waals surface area contributed by atoms with Gasteiger partial charge in [0.25, 0.3) is 0 Å². The highest BCUT2D eigenvalue weighted by molar-refractivity contribution is 6.33. The first-order valence-electron chi connectivity index (χ1n) is 7.28. The third-order valence-electron chi connectivity index (χ3n) is 3.47. The molecule has 0 N–H and O–H groups in total. The molecule has 1 aliphatic heterocycles. The Kier molecular flexibility index (Phi) is 5.75. The molecule has 2 atom stereocenters. The van der Waals surface area contributed by atoms with Crippen molar-refractivity contribution in [3.8, 4) is 0 Å². The van der Waals surface area contributed by atoms with E-state index in [1.165, 1.54) is 7.11 Å². The van der Waals surface area contributed by atoms with Crippen molar-refractivity contribution in [3.05, 3.63) is 0 Å². The van der Waals surface area contributed by atoms with E-state index >= 15 is 0 Å². The fourth-order valence-corrected chi connectivity index (χ4v) is 2.54. The second-order valence-corrected chi connectivity index (χ2v) is 6.44. The highest BCUT2D eigenvalue weighted by Crippen LogP contribution is 2.27. The molecule has 120 valence electrons. The van der Waals surface area contributed by atoms with Gasteiger partial charge in [0, 0.05) is 18.5 Å². The van der Waals surface area contributed by atoms with Gasteiger partial charge in [0.2, 0.25) is 5.78 Å². The average Bonchev–Trinajstić information content (AvgIpc) is 2.35. The Bertz CT molecular complexity index is 413. The summed E-state index contributed by atoms with van der Waals surface area (Å²) in [5, 5.41) is 0. The van der Waals surface area contributed by atoms with Crippen LogP contribution < -0.4 is 0 Å². The second-order valence-electron chi connectivity index (χ2n) is 6.44. The molecule has 6 heteroatoms. The number of amides is 1. The van der Waals surface area contributed by atoms with E-state index in [-0.39, 0.29) is 18.5 Å². The molecular formula is C15H25NO5. The number of methoxy groups -OCH3 is 1. The smallest absolute Gasteiger partial charge is 0.410 e. The van der Waals surface area contributed by atoms with Crippen LogP contribution in [-0.4, -0.2) is 47.5 Å². The molecule has 1 aliphatic rings. The van der Waals surface area contributed by atoms with Gasteiger partial charge in [-0.2, -0.15) is 0 Å². The van der Waals surface area contributed by atoms with Crippen LogP contribution in [0.3, 0.4) is 0 Å². The van der Waals surface area contributed by atoms with Gasteiger partial charge in [0.15, 0.2) is 0 Å². The lowest BCUT2D eigenvalue weighted by atomic mass is 9.93. The second kappa shape index (κ2) is 6.91. The number of esters is 1. The molecule has 1 rings (SSSR count). The molecule has 0 radical (unpaired) electrons. The summed E-state index contributed by atoms with van der Waals surface area (Å²) in [7, 11) is 1.18. The Morgan fingerprint density at radius 1 is 1.19 bits per heavy atom. The average molecular weight is 299 g/mol. The molecule has 0 aliphatic carbocycles. The predicted molar refractivity (Wildman–Crippen MR) is 76.8 cm³/mol. The van der Waals surface area contributed by atoms with Crippen molar-refractivity contribution in [3.63, 3.8) is 0 Å². The molecule has 0 aromatic heterocycles. The van der Waals surface area contributed by atoms with Crippen molar-refractivity contribution in [2.24, 2.45) is 0 Å². The summed E-state index contributed by atoms with van der Waals surface area (Å²) in [6.45, 7) is 7.33. The topological polar surface area (TPSA) is 72.9 Å². The Labute approximate surface area is 125 Å².